The van der Waals surface area contributed by atoms with Gasteiger partial charge in [0.25, 0.3) is 0 Å². The van der Waals surface area contributed by atoms with Crippen molar-refractivity contribution in [1.29, 1.82) is 0 Å². The third-order valence-corrected chi connectivity index (χ3v) is 5.04. The van der Waals surface area contributed by atoms with Gasteiger partial charge in [-0.2, -0.15) is 0 Å². The third kappa shape index (κ3) is 7.24. The average molecular weight is 451 g/mol. The number of nitrogens with zero attached hydrogens (tertiary/aromatic N) is 1. The number of aryl methyl sites for hydroxylation is 1. The van der Waals surface area contributed by atoms with Gasteiger partial charge in [0, 0.05) is 17.5 Å². The third-order valence-electron chi connectivity index (χ3n) is 4.21. The highest BCUT2D eigenvalue weighted by molar-refractivity contribution is 7.09. The number of para-hydroxylation sites is 2. The molecule has 0 spiro atoms. The van der Waals surface area contributed by atoms with Gasteiger partial charge in [-0.25, -0.2) is 9.78 Å². The molecule has 7 nitrogen and oxygen atoms in total. The van der Waals surface area contributed by atoms with Crippen molar-refractivity contribution >= 4 is 40.7 Å². The second-order valence-corrected chi connectivity index (χ2v) is 8.40. The fourth-order valence-corrected chi connectivity index (χ4v) is 3.37. The molecule has 0 fully saturated rings. The first-order valence-electron chi connectivity index (χ1n) is 10.2. The summed E-state index contributed by atoms with van der Waals surface area (Å²) in [6.07, 6.45) is 3.16. The number of hydrogen-bond donors (Lipinski definition) is 3. The van der Waals surface area contributed by atoms with Crippen LogP contribution in [0, 0.1) is 6.92 Å². The second kappa shape index (κ2) is 11.1. The van der Waals surface area contributed by atoms with Gasteiger partial charge in [-0.1, -0.05) is 24.3 Å². The minimum Gasteiger partial charge on any atom is -0.487 e. The molecule has 0 saturated heterocycles. The van der Waals surface area contributed by atoms with Crippen molar-refractivity contribution in [2.45, 2.75) is 33.4 Å². The number of benzene rings is 2. The van der Waals surface area contributed by atoms with Crippen LogP contribution in [-0.4, -0.2) is 23.0 Å². The van der Waals surface area contributed by atoms with Gasteiger partial charge in [0.05, 0.1) is 22.1 Å². The summed E-state index contributed by atoms with van der Waals surface area (Å²) in [7, 11) is 0. The fraction of sp³-hybridized carbons (Fsp3) is 0.208. The first-order valence-corrected chi connectivity index (χ1v) is 11.1. The van der Waals surface area contributed by atoms with Crippen LogP contribution in [0.1, 0.15) is 30.1 Å². The Kier molecular flexibility index (Phi) is 7.99. The van der Waals surface area contributed by atoms with Gasteiger partial charge in [0.15, 0.2) is 0 Å². The number of thiazole rings is 1. The Labute approximate surface area is 191 Å². The number of amides is 3. The monoisotopic (exact) mass is 450 g/mol. The molecule has 0 bridgehead atoms. The Hall–Kier alpha value is -3.65. The summed E-state index contributed by atoms with van der Waals surface area (Å²) in [6, 6.07) is 14.2. The molecule has 2 aromatic carbocycles. The zero-order valence-corrected chi connectivity index (χ0v) is 19.0. The van der Waals surface area contributed by atoms with Crippen LogP contribution in [0.3, 0.4) is 0 Å². The molecule has 0 radical (unpaired) electrons. The Balaban J connectivity index is 1.54. The molecule has 166 valence electrons. The second-order valence-electron chi connectivity index (χ2n) is 7.34. The van der Waals surface area contributed by atoms with E-state index in [0.717, 1.165) is 22.0 Å². The lowest BCUT2D eigenvalue weighted by Crippen LogP contribution is -2.34. The number of aromatic nitrogens is 1. The molecule has 1 aromatic heterocycles. The van der Waals surface area contributed by atoms with Gasteiger partial charge in [-0.15, -0.1) is 11.3 Å². The topological polar surface area (TPSA) is 92.3 Å². The zero-order chi connectivity index (χ0) is 22.9. The molecule has 3 N–H and O–H groups in total. The van der Waals surface area contributed by atoms with Gasteiger partial charge >= 0.3 is 6.03 Å². The summed E-state index contributed by atoms with van der Waals surface area (Å²) in [4.78, 5) is 28.7. The van der Waals surface area contributed by atoms with Crippen molar-refractivity contribution in [2.75, 3.05) is 10.6 Å². The van der Waals surface area contributed by atoms with Crippen molar-refractivity contribution in [2.24, 2.45) is 0 Å². The van der Waals surface area contributed by atoms with Crippen LogP contribution >= 0.6 is 11.3 Å². The van der Waals surface area contributed by atoms with Gasteiger partial charge in [0.2, 0.25) is 5.91 Å². The highest BCUT2D eigenvalue weighted by Crippen LogP contribution is 2.21. The quantitative estimate of drug-likeness (QED) is 0.411. The number of rotatable bonds is 8. The number of urea groups is 1. The number of nitrogens with one attached hydrogen (secondary N) is 3. The summed E-state index contributed by atoms with van der Waals surface area (Å²) in [5, 5.41) is 11.3. The van der Waals surface area contributed by atoms with Crippen molar-refractivity contribution in [3.8, 4) is 5.75 Å². The summed E-state index contributed by atoms with van der Waals surface area (Å²) in [5.74, 6) is 0.430. The molecule has 1 heterocycles. The van der Waals surface area contributed by atoms with Crippen LogP contribution in [-0.2, 0) is 11.4 Å². The molecule has 3 aromatic rings. The van der Waals surface area contributed by atoms with Gasteiger partial charge in [0.1, 0.15) is 12.4 Å². The lowest BCUT2D eigenvalue weighted by Gasteiger charge is -2.13. The maximum absolute atomic E-state index is 12.4. The molecule has 0 aliphatic heterocycles. The van der Waals surface area contributed by atoms with Gasteiger partial charge in [-0.3, -0.25) is 4.79 Å². The summed E-state index contributed by atoms with van der Waals surface area (Å²) < 4.78 is 5.73. The molecular weight excluding hydrogens is 424 g/mol. The Morgan fingerprint density at radius 1 is 1.06 bits per heavy atom. The van der Waals surface area contributed by atoms with Gasteiger partial charge in [-0.05, 0) is 56.7 Å². The normalized spacial score (nSPS) is 10.9. The first-order chi connectivity index (χ1) is 15.4. The van der Waals surface area contributed by atoms with Crippen LogP contribution in [0.25, 0.3) is 6.08 Å². The van der Waals surface area contributed by atoms with Crippen LogP contribution < -0.4 is 20.7 Å². The highest BCUT2D eigenvalue weighted by Gasteiger charge is 2.08. The zero-order valence-electron chi connectivity index (χ0n) is 18.2. The Morgan fingerprint density at radius 3 is 2.38 bits per heavy atom. The molecule has 3 rings (SSSR count). The fourth-order valence-electron chi connectivity index (χ4n) is 2.77. The molecule has 8 heteroatoms. The SMILES string of the molecule is Cc1nc(COc2ccc(/C=C/C(=O)Nc3ccccc3NC(=O)NC(C)C)cc2)cs1. The average Bonchev–Trinajstić information content (AvgIpc) is 3.17. The molecule has 0 unspecified atom stereocenters. The number of carbonyl (C=O) groups is 2. The van der Waals surface area contributed by atoms with E-state index in [-0.39, 0.29) is 18.0 Å². The van der Waals surface area contributed by atoms with E-state index in [1.54, 1.807) is 41.7 Å². The van der Waals surface area contributed by atoms with E-state index >= 15 is 0 Å². The van der Waals surface area contributed by atoms with E-state index in [9.17, 15) is 9.59 Å². The van der Waals surface area contributed by atoms with E-state index in [4.69, 9.17) is 4.74 Å². The van der Waals surface area contributed by atoms with E-state index < -0.39 is 0 Å². The smallest absolute Gasteiger partial charge is 0.319 e. The largest absolute Gasteiger partial charge is 0.487 e. The lowest BCUT2D eigenvalue weighted by atomic mass is 10.2. The van der Waals surface area contributed by atoms with E-state index in [1.165, 1.54) is 6.08 Å². The van der Waals surface area contributed by atoms with E-state index in [1.807, 2.05) is 50.4 Å². The summed E-state index contributed by atoms with van der Waals surface area (Å²) in [6.45, 7) is 6.13. The Morgan fingerprint density at radius 2 is 1.75 bits per heavy atom. The van der Waals surface area contributed by atoms with E-state index in [2.05, 4.69) is 20.9 Å². The van der Waals surface area contributed by atoms with Crippen LogP contribution in [0.5, 0.6) is 5.75 Å². The van der Waals surface area contributed by atoms with Crippen LogP contribution in [0.15, 0.2) is 60.0 Å². The van der Waals surface area contributed by atoms with Crippen molar-refractivity contribution in [3.05, 3.63) is 76.3 Å². The number of hydrogen-bond acceptors (Lipinski definition) is 5. The highest BCUT2D eigenvalue weighted by atomic mass is 32.1. The van der Waals surface area contributed by atoms with Crippen molar-refractivity contribution in [3.63, 3.8) is 0 Å². The molecule has 3 amide bonds. The molecule has 0 atom stereocenters. The first kappa shape index (κ1) is 23.0. The summed E-state index contributed by atoms with van der Waals surface area (Å²) in [5.41, 5.74) is 2.80. The van der Waals surface area contributed by atoms with Crippen molar-refractivity contribution < 1.29 is 14.3 Å². The standard InChI is InChI=1S/C24H26N4O3S/c1-16(2)25-24(30)28-22-7-5-4-6-21(22)27-23(29)13-10-18-8-11-20(12-9-18)31-14-19-15-32-17(3)26-19/h4-13,15-16H,14H2,1-3H3,(H,27,29)(H2,25,28,30)/b13-10+. The Bertz CT molecular complexity index is 1090. The van der Waals surface area contributed by atoms with Crippen LogP contribution in [0.4, 0.5) is 16.2 Å². The lowest BCUT2D eigenvalue weighted by molar-refractivity contribution is -0.111. The van der Waals surface area contributed by atoms with Crippen LogP contribution in [0.2, 0.25) is 0 Å². The molecule has 0 saturated carbocycles. The summed E-state index contributed by atoms with van der Waals surface area (Å²) >= 11 is 1.60. The van der Waals surface area contributed by atoms with E-state index in [0.29, 0.717) is 18.0 Å². The molecular formula is C24H26N4O3S. The molecule has 32 heavy (non-hydrogen) atoms. The maximum Gasteiger partial charge on any atom is 0.319 e. The minimum absolute atomic E-state index is 0.00739. The minimum atomic E-state index is -0.329. The predicted molar refractivity (Wildman–Crippen MR) is 129 cm³/mol. The number of ether oxygens (including phenoxy) is 1. The molecule has 0 aliphatic carbocycles. The number of carbonyl (C=O) groups excluding carboxylic acids is 2. The number of anilines is 2. The molecule has 0 aliphatic rings. The van der Waals surface area contributed by atoms with Gasteiger partial charge < -0.3 is 20.7 Å². The van der Waals surface area contributed by atoms with Crippen molar-refractivity contribution in [1.82, 2.24) is 10.3 Å². The predicted octanol–water partition coefficient (Wildman–Crippen LogP) is 5.21. The maximum atomic E-state index is 12.4.